The maximum Gasteiger partial charge on any atom is 0.124 e. The van der Waals surface area contributed by atoms with Gasteiger partial charge in [0.25, 0.3) is 0 Å². The summed E-state index contributed by atoms with van der Waals surface area (Å²) in [6, 6.07) is 16.3. The largest absolute Gasteiger partial charge is 0.492 e. The molecular formula is C16H18BrNOS. The van der Waals surface area contributed by atoms with Crippen molar-refractivity contribution in [3.8, 4) is 5.75 Å². The lowest BCUT2D eigenvalue weighted by Gasteiger charge is -2.14. The molecule has 0 heterocycles. The van der Waals surface area contributed by atoms with Crippen LogP contribution in [0.4, 0.5) is 0 Å². The van der Waals surface area contributed by atoms with E-state index in [2.05, 4.69) is 28.1 Å². The van der Waals surface area contributed by atoms with Crippen molar-refractivity contribution >= 4 is 27.7 Å². The van der Waals surface area contributed by atoms with Crippen molar-refractivity contribution in [3.05, 3.63) is 58.6 Å². The third kappa shape index (κ3) is 4.54. The Labute approximate surface area is 132 Å². The Hall–Kier alpha value is -0.970. The maximum atomic E-state index is 5.97. The summed E-state index contributed by atoms with van der Waals surface area (Å²) in [4.78, 5) is 1.26. The van der Waals surface area contributed by atoms with E-state index in [0.717, 1.165) is 21.5 Å². The van der Waals surface area contributed by atoms with E-state index in [9.17, 15) is 0 Å². The SMILES string of the molecule is C[C@H](N)c1cc(Br)ccc1OCCSc1ccccc1. The second-order valence-corrected chi connectivity index (χ2v) is 6.56. The third-order valence-corrected chi connectivity index (χ3v) is 4.28. The minimum Gasteiger partial charge on any atom is -0.492 e. The van der Waals surface area contributed by atoms with E-state index in [1.54, 1.807) is 11.8 Å². The van der Waals surface area contributed by atoms with Gasteiger partial charge < -0.3 is 10.5 Å². The maximum absolute atomic E-state index is 5.97. The van der Waals surface area contributed by atoms with Gasteiger partial charge in [-0.05, 0) is 37.3 Å². The van der Waals surface area contributed by atoms with Crippen LogP contribution in [0.2, 0.25) is 0 Å². The predicted octanol–water partition coefficient (Wildman–Crippen LogP) is 4.64. The van der Waals surface area contributed by atoms with Gasteiger partial charge in [0, 0.05) is 26.7 Å². The summed E-state index contributed by atoms with van der Waals surface area (Å²) in [5.74, 6) is 1.79. The molecule has 0 spiro atoms. The zero-order valence-electron chi connectivity index (χ0n) is 11.4. The number of rotatable bonds is 6. The molecule has 0 aromatic heterocycles. The molecule has 1 atom stereocenters. The van der Waals surface area contributed by atoms with Gasteiger partial charge in [-0.2, -0.15) is 0 Å². The summed E-state index contributed by atoms with van der Waals surface area (Å²) in [6.07, 6.45) is 0. The van der Waals surface area contributed by atoms with Gasteiger partial charge in [-0.25, -0.2) is 0 Å². The standard InChI is InChI=1S/C16H18BrNOS/c1-12(18)15-11-13(17)7-8-16(15)19-9-10-20-14-5-3-2-4-6-14/h2-8,11-12H,9-10,18H2,1H3/t12-/m0/s1. The van der Waals surface area contributed by atoms with Gasteiger partial charge in [-0.15, -0.1) is 11.8 Å². The molecule has 4 heteroatoms. The van der Waals surface area contributed by atoms with Crippen molar-refractivity contribution in [1.29, 1.82) is 0 Å². The van der Waals surface area contributed by atoms with Crippen molar-refractivity contribution in [2.24, 2.45) is 5.73 Å². The van der Waals surface area contributed by atoms with E-state index in [4.69, 9.17) is 10.5 Å². The average Bonchev–Trinajstić information content (AvgIpc) is 2.45. The van der Waals surface area contributed by atoms with Crippen LogP contribution in [0, 0.1) is 0 Å². The second kappa shape index (κ2) is 7.72. The zero-order chi connectivity index (χ0) is 14.4. The van der Waals surface area contributed by atoms with Crippen molar-refractivity contribution in [3.63, 3.8) is 0 Å². The van der Waals surface area contributed by atoms with Crippen LogP contribution in [-0.4, -0.2) is 12.4 Å². The van der Waals surface area contributed by atoms with Crippen LogP contribution in [0.15, 0.2) is 57.9 Å². The molecule has 0 aliphatic carbocycles. The van der Waals surface area contributed by atoms with Gasteiger partial charge in [0.1, 0.15) is 5.75 Å². The Bertz CT molecular complexity index is 545. The number of hydrogen-bond acceptors (Lipinski definition) is 3. The van der Waals surface area contributed by atoms with E-state index in [0.29, 0.717) is 6.61 Å². The van der Waals surface area contributed by atoms with Crippen molar-refractivity contribution < 1.29 is 4.74 Å². The van der Waals surface area contributed by atoms with E-state index >= 15 is 0 Å². The van der Waals surface area contributed by atoms with Gasteiger partial charge in [0.2, 0.25) is 0 Å². The lowest BCUT2D eigenvalue weighted by atomic mass is 10.1. The smallest absolute Gasteiger partial charge is 0.124 e. The molecule has 2 nitrogen and oxygen atoms in total. The first kappa shape index (κ1) is 15.4. The fraction of sp³-hybridized carbons (Fsp3) is 0.250. The molecule has 0 bridgehead atoms. The van der Waals surface area contributed by atoms with Crippen LogP contribution in [0.1, 0.15) is 18.5 Å². The van der Waals surface area contributed by atoms with Crippen molar-refractivity contribution in [2.45, 2.75) is 17.9 Å². The molecule has 0 unspecified atom stereocenters. The molecule has 0 radical (unpaired) electrons. The number of ether oxygens (including phenoxy) is 1. The van der Waals surface area contributed by atoms with Crippen LogP contribution in [0.3, 0.4) is 0 Å². The lowest BCUT2D eigenvalue weighted by molar-refractivity contribution is 0.338. The Morgan fingerprint density at radius 2 is 1.95 bits per heavy atom. The van der Waals surface area contributed by atoms with Crippen LogP contribution in [-0.2, 0) is 0 Å². The zero-order valence-corrected chi connectivity index (χ0v) is 13.8. The molecule has 2 aromatic carbocycles. The Morgan fingerprint density at radius 3 is 2.65 bits per heavy atom. The van der Waals surface area contributed by atoms with Gasteiger partial charge in [0.05, 0.1) is 6.61 Å². The molecule has 2 aromatic rings. The van der Waals surface area contributed by atoms with Gasteiger partial charge >= 0.3 is 0 Å². The van der Waals surface area contributed by atoms with E-state index in [1.165, 1.54) is 4.90 Å². The summed E-state index contributed by atoms with van der Waals surface area (Å²) < 4.78 is 6.88. The predicted molar refractivity (Wildman–Crippen MR) is 89.4 cm³/mol. The molecule has 0 aliphatic heterocycles. The molecule has 106 valence electrons. The minimum absolute atomic E-state index is 0.0377. The number of halogens is 1. The molecule has 0 fully saturated rings. The fourth-order valence-corrected chi connectivity index (χ4v) is 2.97. The molecular weight excluding hydrogens is 334 g/mol. The highest BCUT2D eigenvalue weighted by atomic mass is 79.9. The Balaban J connectivity index is 1.88. The average molecular weight is 352 g/mol. The quantitative estimate of drug-likeness (QED) is 0.608. The van der Waals surface area contributed by atoms with Crippen LogP contribution >= 0.6 is 27.7 Å². The molecule has 20 heavy (non-hydrogen) atoms. The molecule has 0 aliphatic rings. The number of nitrogens with two attached hydrogens (primary N) is 1. The van der Waals surface area contributed by atoms with E-state index < -0.39 is 0 Å². The highest BCUT2D eigenvalue weighted by Gasteiger charge is 2.08. The first-order valence-electron chi connectivity index (χ1n) is 6.52. The fourth-order valence-electron chi connectivity index (χ4n) is 1.83. The van der Waals surface area contributed by atoms with E-state index in [1.807, 2.05) is 43.3 Å². The van der Waals surface area contributed by atoms with E-state index in [-0.39, 0.29) is 6.04 Å². The monoisotopic (exact) mass is 351 g/mol. The van der Waals surface area contributed by atoms with Crippen LogP contribution in [0.5, 0.6) is 5.75 Å². The first-order valence-corrected chi connectivity index (χ1v) is 8.30. The summed E-state index contributed by atoms with van der Waals surface area (Å²) in [7, 11) is 0. The summed E-state index contributed by atoms with van der Waals surface area (Å²) in [6.45, 7) is 2.63. The first-order chi connectivity index (χ1) is 9.66. The van der Waals surface area contributed by atoms with Crippen LogP contribution in [0.25, 0.3) is 0 Å². The summed E-state index contributed by atoms with van der Waals surface area (Å²) >= 11 is 5.25. The Morgan fingerprint density at radius 1 is 1.20 bits per heavy atom. The molecule has 2 rings (SSSR count). The van der Waals surface area contributed by atoms with Gasteiger partial charge in [-0.3, -0.25) is 0 Å². The normalized spacial score (nSPS) is 12.2. The lowest BCUT2D eigenvalue weighted by Crippen LogP contribution is -2.09. The second-order valence-electron chi connectivity index (χ2n) is 4.48. The highest BCUT2D eigenvalue weighted by Crippen LogP contribution is 2.27. The van der Waals surface area contributed by atoms with Crippen molar-refractivity contribution in [2.75, 3.05) is 12.4 Å². The van der Waals surface area contributed by atoms with Gasteiger partial charge in [0.15, 0.2) is 0 Å². The van der Waals surface area contributed by atoms with Crippen molar-refractivity contribution in [1.82, 2.24) is 0 Å². The number of hydrogen-bond donors (Lipinski definition) is 1. The molecule has 0 saturated carbocycles. The summed E-state index contributed by atoms with van der Waals surface area (Å²) in [5, 5.41) is 0. The number of thioether (sulfide) groups is 1. The Kier molecular flexibility index (Phi) is 5.95. The van der Waals surface area contributed by atoms with Gasteiger partial charge in [-0.1, -0.05) is 34.1 Å². The molecule has 2 N–H and O–H groups in total. The minimum atomic E-state index is -0.0377. The number of benzene rings is 2. The highest BCUT2D eigenvalue weighted by molar-refractivity contribution is 9.10. The third-order valence-electron chi connectivity index (χ3n) is 2.82. The topological polar surface area (TPSA) is 35.2 Å². The molecule has 0 amide bonds. The summed E-state index contributed by atoms with van der Waals surface area (Å²) in [5.41, 5.74) is 7.00. The van der Waals surface area contributed by atoms with Crippen LogP contribution < -0.4 is 10.5 Å². The molecule has 0 saturated heterocycles.